The molecule has 1 heterocycles. The van der Waals surface area contributed by atoms with Gasteiger partial charge in [-0.05, 0) is 27.2 Å². The molecule has 2 atom stereocenters. The van der Waals surface area contributed by atoms with Crippen LogP contribution in [0, 0.1) is 0 Å². The van der Waals surface area contributed by atoms with Crippen LogP contribution < -0.4 is 10.6 Å². The molecule has 1 aliphatic rings. The molecule has 0 aromatic rings. The van der Waals surface area contributed by atoms with Crippen LogP contribution in [0.25, 0.3) is 0 Å². The number of rotatable bonds is 8. The van der Waals surface area contributed by atoms with E-state index in [1.807, 2.05) is 0 Å². The standard InChI is InChI=1S/C14H24F6N3O4P/c1-5-11(4,28(25,26-6-2)27-7-3)8-9-21-10(24)23-12(22-9,13(15,16)17)14(18,19)20/h10,23-24H,5-8H2,1-4H3,(H,21,22)/t10-,11-/m1/s1. The minimum atomic E-state index is -5.86. The maximum absolute atomic E-state index is 13.3. The second-order valence-corrected chi connectivity index (χ2v) is 8.92. The molecule has 0 fully saturated rings. The van der Waals surface area contributed by atoms with E-state index in [4.69, 9.17) is 9.05 Å². The van der Waals surface area contributed by atoms with Crippen molar-refractivity contribution in [3.8, 4) is 0 Å². The molecule has 0 spiro atoms. The Balaban J connectivity index is 3.37. The molecule has 0 bridgehead atoms. The van der Waals surface area contributed by atoms with Gasteiger partial charge in [0.05, 0.1) is 18.4 Å². The largest absolute Gasteiger partial charge is 0.434 e. The Bertz CT molecular complexity index is 603. The van der Waals surface area contributed by atoms with Crippen LogP contribution in [0.4, 0.5) is 26.3 Å². The van der Waals surface area contributed by atoms with Crippen molar-refractivity contribution in [2.45, 2.75) is 70.1 Å². The van der Waals surface area contributed by atoms with Crippen LogP contribution in [0.5, 0.6) is 0 Å². The first-order valence-corrected chi connectivity index (χ1v) is 9.99. The fourth-order valence-corrected chi connectivity index (χ4v) is 4.79. The van der Waals surface area contributed by atoms with Gasteiger partial charge in [0, 0.05) is 6.42 Å². The van der Waals surface area contributed by atoms with Gasteiger partial charge in [-0.1, -0.05) is 6.92 Å². The molecular formula is C14H24F6N3O4P. The Kier molecular flexibility index (Phi) is 7.61. The molecule has 0 radical (unpaired) electrons. The van der Waals surface area contributed by atoms with E-state index < -0.39 is 49.4 Å². The van der Waals surface area contributed by atoms with Crippen LogP contribution in [-0.2, 0) is 13.6 Å². The lowest BCUT2D eigenvalue weighted by atomic mass is 10.0. The number of nitrogens with one attached hydrogen (secondary N) is 2. The monoisotopic (exact) mass is 443 g/mol. The lowest BCUT2D eigenvalue weighted by Crippen LogP contribution is -2.78. The first-order valence-electron chi connectivity index (χ1n) is 8.44. The van der Waals surface area contributed by atoms with Crippen molar-refractivity contribution in [1.29, 1.82) is 0 Å². The molecule has 0 aromatic carbocycles. The van der Waals surface area contributed by atoms with E-state index in [-0.39, 0.29) is 19.6 Å². The third-order valence-corrected chi connectivity index (χ3v) is 7.37. The second kappa shape index (κ2) is 8.47. The summed E-state index contributed by atoms with van der Waals surface area (Å²) in [5.41, 5.74) is -4.62. The van der Waals surface area contributed by atoms with Gasteiger partial charge in [0.15, 0.2) is 0 Å². The lowest BCUT2D eigenvalue weighted by molar-refractivity contribution is -0.321. The zero-order chi connectivity index (χ0) is 22.0. The number of aliphatic imine (C=N–C) groups is 1. The third-order valence-electron chi connectivity index (χ3n) is 4.38. The number of halogens is 6. The molecule has 3 N–H and O–H groups in total. The van der Waals surface area contributed by atoms with Crippen molar-refractivity contribution >= 4 is 13.4 Å². The van der Waals surface area contributed by atoms with Gasteiger partial charge < -0.3 is 19.5 Å². The molecule has 1 aliphatic heterocycles. The molecule has 0 aliphatic carbocycles. The minimum absolute atomic E-state index is 0.0273. The zero-order valence-electron chi connectivity index (χ0n) is 15.7. The van der Waals surface area contributed by atoms with E-state index in [0.717, 1.165) is 5.32 Å². The molecular weight excluding hydrogens is 419 g/mol. The molecule has 14 heteroatoms. The number of aliphatic hydroxyl groups excluding tert-OH is 1. The molecule has 0 aromatic heterocycles. The highest BCUT2D eigenvalue weighted by atomic mass is 31.2. The average Bonchev–Trinajstić information content (AvgIpc) is 2.52. The molecule has 0 saturated heterocycles. The number of aliphatic hydroxyl groups is 1. The Labute approximate surface area is 158 Å². The first-order chi connectivity index (χ1) is 12.6. The highest BCUT2D eigenvalue weighted by Crippen LogP contribution is 2.63. The fourth-order valence-electron chi connectivity index (χ4n) is 2.68. The van der Waals surface area contributed by atoms with Gasteiger partial charge in [-0.15, -0.1) is 0 Å². The van der Waals surface area contributed by atoms with Crippen molar-refractivity contribution in [1.82, 2.24) is 10.6 Å². The van der Waals surface area contributed by atoms with Gasteiger partial charge in [-0.2, -0.15) is 26.3 Å². The van der Waals surface area contributed by atoms with Crippen molar-refractivity contribution in [2.75, 3.05) is 13.2 Å². The van der Waals surface area contributed by atoms with Crippen LogP contribution in [0.15, 0.2) is 4.99 Å². The van der Waals surface area contributed by atoms with Crippen molar-refractivity contribution in [2.24, 2.45) is 4.99 Å². The third kappa shape index (κ3) is 4.64. The van der Waals surface area contributed by atoms with Crippen LogP contribution in [0.1, 0.15) is 40.5 Å². The summed E-state index contributed by atoms with van der Waals surface area (Å²) < 4.78 is 103. The Morgan fingerprint density at radius 2 is 1.57 bits per heavy atom. The molecule has 28 heavy (non-hydrogen) atoms. The minimum Gasteiger partial charge on any atom is -0.359 e. The maximum atomic E-state index is 13.3. The van der Waals surface area contributed by atoms with Gasteiger partial charge in [0.1, 0.15) is 5.84 Å². The summed E-state index contributed by atoms with van der Waals surface area (Å²) in [7, 11) is -3.94. The SMILES string of the molecule is CCOP(=O)(OCC)[C@](C)(CC)CC1=N[C@@H](O)NC(C(F)(F)F)(C(F)(F)F)N1. The summed E-state index contributed by atoms with van der Waals surface area (Å²) in [4.78, 5) is 3.39. The Morgan fingerprint density at radius 1 is 1.11 bits per heavy atom. The summed E-state index contributed by atoms with van der Waals surface area (Å²) in [6.45, 7) is 5.82. The Morgan fingerprint density at radius 3 is 1.93 bits per heavy atom. The van der Waals surface area contributed by atoms with E-state index in [2.05, 4.69) is 4.99 Å². The van der Waals surface area contributed by atoms with Gasteiger partial charge in [0.25, 0.3) is 5.66 Å². The molecule has 0 amide bonds. The van der Waals surface area contributed by atoms with Gasteiger partial charge >= 0.3 is 19.9 Å². The van der Waals surface area contributed by atoms with Crippen LogP contribution in [0.2, 0.25) is 0 Å². The number of hydrogen-bond donors (Lipinski definition) is 3. The number of nitrogens with zero attached hydrogens (tertiary/aromatic N) is 1. The fraction of sp³-hybridized carbons (Fsp3) is 0.929. The highest BCUT2D eigenvalue weighted by Gasteiger charge is 2.73. The lowest BCUT2D eigenvalue weighted by Gasteiger charge is -2.44. The first kappa shape index (κ1) is 25.2. The molecule has 0 unspecified atom stereocenters. The molecule has 7 nitrogen and oxygen atoms in total. The highest BCUT2D eigenvalue weighted by molar-refractivity contribution is 7.55. The predicted molar refractivity (Wildman–Crippen MR) is 88.7 cm³/mol. The number of hydrogen-bond acceptors (Lipinski definition) is 7. The maximum Gasteiger partial charge on any atom is 0.434 e. The summed E-state index contributed by atoms with van der Waals surface area (Å²) in [6.07, 6.45) is -14.8. The van der Waals surface area contributed by atoms with Crippen LogP contribution >= 0.6 is 7.60 Å². The zero-order valence-corrected chi connectivity index (χ0v) is 16.6. The van der Waals surface area contributed by atoms with E-state index in [1.54, 1.807) is 0 Å². The van der Waals surface area contributed by atoms with Crippen LogP contribution in [-0.4, -0.2) is 53.7 Å². The van der Waals surface area contributed by atoms with Crippen molar-refractivity contribution in [3.05, 3.63) is 0 Å². The summed E-state index contributed by atoms with van der Waals surface area (Å²) >= 11 is 0. The van der Waals surface area contributed by atoms with E-state index in [0.29, 0.717) is 0 Å². The van der Waals surface area contributed by atoms with Gasteiger partial charge in [-0.25, -0.2) is 10.3 Å². The van der Waals surface area contributed by atoms with Crippen molar-refractivity contribution < 1.29 is 45.1 Å². The summed E-state index contributed by atoms with van der Waals surface area (Å²) in [5, 5.41) is 10.4. The topological polar surface area (TPSA) is 92.2 Å². The predicted octanol–water partition coefficient (Wildman–Crippen LogP) is 3.50. The molecule has 166 valence electrons. The molecule has 0 saturated carbocycles. The average molecular weight is 443 g/mol. The van der Waals surface area contributed by atoms with E-state index in [9.17, 15) is 36.0 Å². The second-order valence-electron chi connectivity index (χ2n) is 6.32. The summed E-state index contributed by atoms with van der Waals surface area (Å²) in [6, 6.07) is 0. The number of alkyl halides is 6. The quantitative estimate of drug-likeness (QED) is 0.393. The van der Waals surface area contributed by atoms with Crippen molar-refractivity contribution in [3.63, 3.8) is 0 Å². The smallest absolute Gasteiger partial charge is 0.359 e. The van der Waals surface area contributed by atoms with Gasteiger partial charge in [0.2, 0.25) is 6.35 Å². The van der Waals surface area contributed by atoms with Crippen LogP contribution in [0.3, 0.4) is 0 Å². The number of amidine groups is 1. The Hall–Kier alpha value is -0.880. The normalized spacial score (nSPS) is 23.0. The molecule has 1 rings (SSSR count). The van der Waals surface area contributed by atoms with Gasteiger partial charge in [-0.3, -0.25) is 4.57 Å². The summed E-state index contributed by atoms with van der Waals surface area (Å²) in [5.74, 6) is -0.829. The van der Waals surface area contributed by atoms with E-state index >= 15 is 0 Å². The van der Waals surface area contributed by atoms with E-state index in [1.165, 1.54) is 33.0 Å².